The van der Waals surface area contributed by atoms with Crippen LogP contribution in [0, 0.1) is 6.92 Å². The van der Waals surface area contributed by atoms with Gasteiger partial charge in [0.1, 0.15) is 0 Å². The third-order valence-electron chi connectivity index (χ3n) is 2.58. The SMILES string of the molecule is CCC(C)c1ccccc(=O)c1C. The van der Waals surface area contributed by atoms with E-state index in [2.05, 4.69) is 13.8 Å². The quantitative estimate of drug-likeness (QED) is 0.677. The monoisotopic (exact) mass is 176 g/mol. The highest BCUT2D eigenvalue weighted by atomic mass is 16.1. The molecular weight excluding hydrogens is 160 g/mol. The Kier molecular flexibility index (Phi) is 3.24. The fourth-order valence-corrected chi connectivity index (χ4v) is 1.45. The molecule has 0 fully saturated rings. The summed E-state index contributed by atoms with van der Waals surface area (Å²) < 4.78 is 0. The van der Waals surface area contributed by atoms with Crippen LogP contribution >= 0.6 is 0 Å². The second-order valence-corrected chi connectivity index (χ2v) is 3.47. The van der Waals surface area contributed by atoms with Crippen LogP contribution in [-0.4, -0.2) is 0 Å². The van der Waals surface area contributed by atoms with Crippen molar-refractivity contribution in [2.75, 3.05) is 0 Å². The van der Waals surface area contributed by atoms with Crippen molar-refractivity contribution in [3.05, 3.63) is 45.6 Å². The van der Waals surface area contributed by atoms with Crippen molar-refractivity contribution in [3.63, 3.8) is 0 Å². The van der Waals surface area contributed by atoms with Crippen molar-refractivity contribution in [2.45, 2.75) is 33.1 Å². The fraction of sp³-hybridized carbons (Fsp3) is 0.417. The fourth-order valence-electron chi connectivity index (χ4n) is 1.45. The van der Waals surface area contributed by atoms with E-state index in [4.69, 9.17) is 0 Å². The Balaban J connectivity index is 3.31. The Morgan fingerprint density at radius 2 is 1.92 bits per heavy atom. The molecule has 1 aromatic rings. The van der Waals surface area contributed by atoms with E-state index in [0.717, 1.165) is 12.0 Å². The summed E-state index contributed by atoms with van der Waals surface area (Å²) in [7, 11) is 0. The standard InChI is InChI=1S/C12H16O/c1-4-9(2)11-7-5-6-8-12(13)10(11)3/h5-9H,4H2,1-3H3. The van der Waals surface area contributed by atoms with Crippen LogP contribution in [0.2, 0.25) is 0 Å². The summed E-state index contributed by atoms with van der Waals surface area (Å²) in [5.41, 5.74) is 2.21. The van der Waals surface area contributed by atoms with Gasteiger partial charge in [-0.05, 0) is 36.5 Å². The Bertz CT molecular complexity index is 341. The minimum Gasteiger partial charge on any atom is -0.290 e. The molecular formula is C12H16O. The highest BCUT2D eigenvalue weighted by Crippen LogP contribution is 2.18. The maximum Gasteiger partial charge on any atom is 0.181 e. The van der Waals surface area contributed by atoms with Crippen LogP contribution in [0.3, 0.4) is 0 Å². The highest BCUT2D eigenvalue weighted by Gasteiger charge is 2.06. The van der Waals surface area contributed by atoms with Crippen molar-refractivity contribution in [2.24, 2.45) is 0 Å². The second kappa shape index (κ2) is 4.22. The van der Waals surface area contributed by atoms with Crippen molar-refractivity contribution in [1.29, 1.82) is 0 Å². The van der Waals surface area contributed by atoms with E-state index in [1.165, 1.54) is 5.56 Å². The lowest BCUT2D eigenvalue weighted by molar-refractivity contribution is 0.728. The third-order valence-corrected chi connectivity index (χ3v) is 2.58. The van der Waals surface area contributed by atoms with Gasteiger partial charge in [-0.3, -0.25) is 4.79 Å². The number of hydrogen-bond acceptors (Lipinski definition) is 1. The van der Waals surface area contributed by atoms with E-state index in [9.17, 15) is 4.79 Å². The molecule has 0 aromatic heterocycles. The zero-order chi connectivity index (χ0) is 9.84. The van der Waals surface area contributed by atoms with E-state index in [-0.39, 0.29) is 5.43 Å². The zero-order valence-corrected chi connectivity index (χ0v) is 8.50. The molecule has 0 radical (unpaired) electrons. The van der Waals surface area contributed by atoms with Gasteiger partial charge in [0, 0.05) is 0 Å². The van der Waals surface area contributed by atoms with Crippen LogP contribution in [0.5, 0.6) is 0 Å². The molecule has 0 aliphatic rings. The normalized spacial score (nSPS) is 12.5. The smallest absolute Gasteiger partial charge is 0.181 e. The maximum atomic E-state index is 11.5. The van der Waals surface area contributed by atoms with Gasteiger partial charge < -0.3 is 0 Å². The molecule has 0 saturated heterocycles. The summed E-state index contributed by atoms with van der Waals surface area (Å²) in [6.07, 6.45) is 1.07. The summed E-state index contributed by atoms with van der Waals surface area (Å²) in [5.74, 6) is 0.472. The van der Waals surface area contributed by atoms with Crippen molar-refractivity contribution < 1.29 is 0 Å². The van der Waals surface area contributed by atoms with Crippen LogP contribution in [0.4, 0.5) is 0 Å². The van der Waals surface area contributed by atoms with Crippen LogP contribution in [0.25, 0.3) is 0 Å². The molecule has 0 spiro atoms. The van der Waals surface area contributed by atoms with Gasteiger partial charge in [-0.1, -0.05) is 32.0 Å². The Morgan fingerprint density at radius 1 is 1.31 bits per heavy atom. The zero-order valence-electron chi connectivity index (χ0n) is 8.50. The van der Waals surface area contributed by atoms with Gasteiger partial charge >= 0.3 is 0 Å². The van der Waals surface area contributed by atoms with Crippen LogP contribution < -0.4 is 5.43 Å². The van der Waals surface area contributed by atoms with Gasteiger partial charge in [-0.15, -0.1) is 0 Å². The van der Waals surface area contributed by atoms with Crippen LogP contribution in [0.15, 0.2) is 29.1 Å². The van der Waals surface area contributed by atoms with Gasteiger partial charge in [-0.2, -0.15) is 0 Å². The first-order chi connectivity index (χ1) is 6.16. The molecule has 1 atom stereocenters. The maximum absolute atomic E-state index is 11.5. The minimum absolute atomic E-state index is 0.139. The topological polar surface area (TPSA) is 17.1 Å². The van der Waals surface area contributed by atoms with Gasteiger partial charge in [0.05, 0.1) is 0 Å². The van der Waals surface area contributed by atoms with Gasteiger partial charge in [0.2, 0.25) is 0 Å². The Labute approximate surface area is 79.4 Å². The van der Waals surface area contributed by atoms with E-state index >= 15 is 0 Å². The Hall–Kier alpha value is -1.11. The van der Waals surface area contributed by atoms with Gasteiger partial charge in [0.15, 0.2) is 5.43 Å². The van der Waals surface area contributed by atoms with Gasteiger partial charge in [0.25, 0.3) is 0 Å². The van der Waals surface area contributed by atoms with E-state index in [0.29, 0.717) is 5.92 Å². The average Bonchev–Trinajstić information content (AvgIpc) is 2.29. The third kappa shape index (κ3) is 2.18. The summed E-state index contributed by atoms with van der Waals surface area (Å²) in [5, 5.41) is 0. The van der Waals surface area contributed by atoms with Crippen molar-refractivity contribution in [1.82, 2.24) is 0 Å². The molecule has 0 saturated carbocycles. The van der Waals surface area contributed by atoms with E-state index in [1.807, 2.05) is 19.1 Å². The number of hydrogen-bond donors (Lipinski definition) is 0. The van der Waals surface area contributed by atoms with E-state index < -0.39 is 0 Å². The predicted molar refractivity (Wildman–Crippen MR) is 56.2 cm³/mol. The molecule has 0 N–H and O–H groups in total. The molecule has 0 aliphatic carbocycles. The van der Waals surface area contributed by atoms with E-state index in [1.54, 1.807) is 12.1 Å². The molecule has 1 aromatic carbocycles. The van der Waals surface area contributed by atoms with Crippen LogP contribution in [-0.2, 0) is 0 Å². The van der Waals surface area contributed by atoms with Gasteiger partial charge in [-0.25, -0.2) is 0 Å². The average molecular weight is 176 g/mol. The second-order valence-electron chi connectivity index (χ2n) is 3.47. The minimum atomic E-state index is 0.139. The Morgan fingerprint density at radius 3 is 2.54 bits per heavy atom. The molecule has 0 aliphatic heterocycles. The highest BCUT2D eigenvalue weighted by molar-refractivity contribution is 5.27. The summed E-state index contributed by atoms with van der Waals surface area (Å²) in [6, 6.07) is 7.42. The molecule has 0 bridgehead atoms. The molecule has 1 heteroatoms. The molecule has 1 nitrogen and oxygen atoms in total. The predicted octanol–water partition coefficient (Wildman–Crippen LogP) is 2.87. The lowest BCUT2D eigenvalue weighted by Gasteiger charge is -2.08. The largest absolute Gasteiger partial charge is 0.290 e. The van der Waals surface area contributed by atoms with Crippen molar-refractivity contribution >= 4 is 0 Å². The molecule has 70 valence electrons. The molecule has 1 unspecified atom stereocenters. The lowest BCUT2D eigenvalue weighted by atomic mass is 9.96. The molecule has 0 heterocycles. The molecule has 1 rings (SSSR count). The van der Waals surface area contributed by atoms with Crippen molar-refractivity contribution in [3.8, 4) is 0 Å². The summed E-state index contributed by atoms with van der Waals surface area (Å²) in [6.45, 7) is 6.20. The van der Waals surface area contributed by atoms with Crippen LogP contribution in [0.1, 0.15) is 37.3 Å². The summed E-state index contributed by atoms with van der Waals surface area (Å²) in [4.78, 5) is 11.5. The number of rotatable bonds is 2. The molecule has 13 heavy (non-hydrogen) atoms. The lowest BCUT2D eigenvalue weighted by Crippen LogP contribution is -2.04. The first kappa shape index (κ1) is 9.97. The first-order valence-electron chi connectivity index (χ1n) is 4.76. The first-order valence-corrected chi connectivity index (χ1v) is 4.76. The summed E-state index contributed by atoms with van der Waals surface area (Å²) >= 11 is 0. The molecule has 0 amide bonds.